The average Bonchev–Trinajstić information content (AvgIpc) is 2.47. The number of nitrogens with zero attached hydrogens (tertiary/aromatic N) is 2. The molecule has 0 heterocycles. The standard InChI is InChI=1S/C16H10ClFN2/c17-15-2-1-3-16(18)14(15)8-13(10-20)12-6-4-11(9-19)5-7-12/h1-7,13H,8H2. The van der Waals surface area contributed by atoms with Gasteiger partial charge in [-0.05, 0) is 36.2 Å². The Morgan fingerprint density at radius 2 is 1.80 bits per heavy atom. The molecule has 2 aromatic rings. The number of hydrogen-bond donors (Lipinski definition) is 0. The Hall–Kier alpha value is -2.36. The van der Waals surface area contributed by atoms with Crippen molar-refractivity contribution in [1.82, 2.24) is 0 Å². The lowest BCUT2D eigenvalue weighted by Crippen LogP contribution is -2.03. The topological polar surface area (TPSA) is 47.6 Å². The molecule has 0 aromatic heterocycles. The van der Waals surface area contributed by atoms with Crippen LogP contribution in [0, 0.1) is 28.5 Å². The molecule has 1 unspecified atom stereocenters. The van der Waals surface area contributed by atoms with Crippen LogP contribution in [0.25, 0.3) is 0 Å². The lowest BCUT2D eigenvalue weighted by molar-refractivity contribution is 0.604. The molecule has 0 amide bonds. The molecule has 0 radical (unpaired) electrons. The normalized spacial score (nSPS) is 11.4. The third kappa shape index (κ3) is 2.96. The van der Waals surface area contributed by atoms with E-state index in [1.54, 1.807) is 30.3 Å². The van der Waals surface area contributed by atoms with Crippen LogP contribution in [0.3, 0.4) is 0 Å². The summed E-state index contributed by atoms with van der Waals surface area (Å²) < 4.78 is 13.7. The van der Waals surface area contributed by atoms with E-state index in [-0.39, 0.29) is 6.42 Å². The smallest absolute Gasteiger partial charge is 0.127 e. The SMILES string of the molecule is N#Cc1ccc(C(C#N)Cc2c(F)cccc2Cl)cc1. The Balaban J connectivity index is 2.30. The summed E-state index contributed by atoms with van der Waals surface area (Å²) in [6.45, 7) is 0. The van der Waals surface area contributed by atoms with Crippen molar-refractivity contribution in [3.63, 3.8) is 0 Å². The van der Waals surface area contributed by atoms with Gasteiger partial charge in [0.1, 0.15) is 5.82 Å². The second kappa shape index (κ2) is 6.19. The molecule has 2 aromatic carbocycles. The van der Waals surface area contributed by atoms with Crippen molar-refractivity contribution >= 4 is 11.6 Å². The van der Waals surface area contributed by atoms with Gasteiger partial charge in [-0.15, -0.1) is 0 Å². The largest absolute Gasteiger partial charge is 0.207 e. The lowest BCUT2D eigenvalue weighted by atomic mass is 9.92. The molecule has 0 aliphatic heterocycles. The third-order valence-electron chi connectivity index (χ3n) is 3.07. The van der Waals surface area contributed by atoms with E-state index < -0.39 is 11.7 Å². The molecule has 0 fully saturated rings. The predicted molar refractivity (Wildman–Crippen MR) is 74.6 cm³/mol. The zero-order valence-corrected chi connectivity index (χ0v) is 11.2. The second-order valence-corrected chi connectivity index (χ2v) is 4.73. The van der Waals surface area contributed by atoms with Gasteiger partial charge in [-0.25, -0.2) is 4.39 Å². The minimum absolute atomic E-state index is 0.202. The molecule has 0 aliphatic carbocycles. The maximum Gasteiger partial charge on any atom is 0.127 e. The fraction of sp³-hybridized carbons (Fsp3) is 0.125. The van der Waals surface area contributed by atoms with Crippen LogP contribution in [0.4, 0.5) is 4.39 Å². The molecule has 20 heavy (non-hydrogen) atoms. The van der Waals surface area contributed by atoms with Gasteiger partial charge in [-0.2, -0.15) is 10.5 Å². The number of hydrogen-bond acceptors (Lipinski definition) is 2. The molecule has 0 saturated carbocycles. The molecule has 0 bridgehead atoms. The van der Waals surface area contributed by atoms with Crippen molar-refractivity contribution in [2.24, 2.45) is 0 Å². The van der Waals surface area contributed by atoms with E-state index in [4.69, 9.17) is 16.9 Å². The van der Waals surface area contributed by atoms with Crippen molar-refractivity contribution in [2.45, 2.75) is 12.3 Å². The van der Waals surface area contributed by atoms with Gasteiger partial charge < -0.3 is 0 Å². The summed E-state index contributed by atoms with van der Waals surface area (Å²) in [7, 11) is 0. The van der Waals surface area contributed by atoms with Crippen LogP contribution in [0.5, 0.6) is 0 Å². The third-order valence-corrected chi connectivity index (χ3v) is 3.42. The zero-order chi connectivity index (χ0) is 14.5. The Morgan fingerprint density at radius 1 is 1.10 bits per heavy atom. The zero-order valence-electron chi connectivity index (χ0n) is 10.5. The van der Waals surface area contributed by atoms with E-state index in [0.29, 0.717) is 16.1 Å². The number of rotatable bonds is 3. The fourth-order valence-corrected chi connectivity index (χ4v) is 2.20. The maximum atomic E-state index is 13.7. The highest BCUT2D eigenvalue weighted by Crippen LogP contribution is 2.27. The summed E-state index contributed by atoms with van der Waals surface area (Å²) in [4.78, 5) is 0. The van der Waals surface area contributed by atoms with Crippen molar-refractivity contribution in [2.75, 3.05) is 0 Å². The van der Waals surface area contributed by atoms with Crippen LogP contribution >= 0.6 is 11.6 Å². The van der Waals surface area contributed by atoms with E-state index in [1.807, 2.05) is 6.07 Å². The monoisotopic (exact) mass is 284 g/mol. The summed E-state index contributed by atoms with van der Waals surface area (Å²) in [5.74, 6) is -0.913. The summed E-state index contributed by atoms with van der Waals surface area (Å²) in [6.07, 6.45) is 0.202. The van der Waals surface area contributed by atoms with Crippen molar-refractivity contribution in [1.29, 1.82) is 10.5 Å². The average molecular weight is 285 g/mol. The molecule has 4 heteroatoms. The van der Waals surface area contributed by atoms with Gasteiger partial charge in [0.15, 0.2) is 0 Å². The van der Waals surface area contributed by atoms with Crippen LogP contribution < -0.4 is 0 Å². The highest BCUT2D eigenvalue weighted by molar-refractivity contribution is 6.31. The van der Waals surface area contributed by atoms with Gasteiger partial charge in [-0.1, -0.05) is 29.8 Å². The molecule has 1 atom stereocenters. The Kier molecular flexibility index (Phi) is 4.35. The van der Waals surface area contributed by atoms with Crippen molar-refractivity contribution in [3.05, 3.63) is 70.0 Å². The summed E-state index contributed by atoms with van der Waals surface area (Å²) in [6, 6.07) is 15.3. The van der Waals surface area contributed by atoms with E-state index in [9.17, 15) is 9.65 Å². The minimum Gasteiger partial charge on any atom is -0.207 e. The van der Waals surface area contributed by atoms with Gasteiger partial charge in [-0.3, -0.25) is 0 Å². The van der Waals surface area contributed by atoms with Gasteiger partial charge in [0.05, 0.1) is 23.6 Å². The molecular formula is C16H10ClFN2. The Morgan fingerprint density at radius 3 is 2.35 bits per heavy atom. The molecule has 98 valence electrons. The van der Waals surface area contributed by atoms with E-state index in [2.05, 4.69) is 6.07 Å². The molecule has 0 aliphatic rings. The molecule has 2 nitrogen and oxygen atoms in total. The van der Waals surface area contributed by atoms with Gasteiger partial charge in [0.2, 0.25) is 0 Å². The molecule has 0 saturated heterocycles. The second-order valence-electron chi connectivity index (χ2n) is 4.32. The van der Waals surface area contributed by atoms with Gasteiger partial charge >= 0.3 is 0 Å². The first-order valence-corrected chi connectivity index (χ1v) is 6.36. The summed E-state index contributed by atoms with van der Waals surface area (Å²) in [5, 5.41) is 18.3. The first kappa shape index (κ1) is 14.1. The van der Waals surface area contributed by atoms with E-state index >= 15 is 0 Å². The lowest BCUT2D eigenvalue weighted by Gasteiger charge is -2.11. The first-order chi connectivity index (χ1) is 9.65. The highest BCUT2D eigenvalue weighted by Gasteiger charge is 2.16. The Bertz CT molecular complexity index is 676. The summed E-state index contributed by atoms with van der Waals surface area (Å²) in [5.41, 5.74) is 1.60. The number of nitriles is 2. The van der Waals surface area contributed by atoms with Crippen LogP contribution in [-0.2, 0) is 6.42 Å². The van der Waals surface area contributed by atoms with Crippen molar-refractivity contribution in [3.8, 4) is 12.1 Å². The highest BCUT2D eigenvalue weighted by atomic mass is 35.5. The quantitative estimate of drug-likeness (QED) is 0.848. The number of halogens is 2. The summed E-state index contributed by atoms with van der Waals surface area (Å²) >= 11 is 5.97. The maximum absolute atomic E-state index is 13.7. The molecule has 0 spiro atoms. The van der Waals surface area contributed by atoms with Gasteiger partial charge in [0, 0.05) is 10.6 Å². The first-order valence-electron chi connectivity index (χ1n) is 5.98. The molecule has 2 rings (SSSR count). The predicted octanol–water partition coefficient (Wildman–Crippen LogP) is 4.20. The van der Waals surface area contributed by atoms with Crippen LogP contribution in [0.1, 0.15) is 22.6 Å². The minimum atomic E-state index is -0.503. The number of benzene rings is 2. The molecular weight excluding hydrogens is 275 g/mol. The van der Waals surface area contributed by atoms with Gasteiger partial charge in [0.25, 0.3) is 0 Å². The Labute approximate surface area is 121 Å². The van der Waals surface area contributed by atoms with Crippen LogP contribution in [0.15, 0.2) is 42.5 Å². The van der Waals surface area contributed by atoms with E-state index in [1.165, 1.54) is 12.1 Å². The fourth-order valence-electron chi connectivity index (χ4n) is 1.96. The van der Waals surface area contributed by atoms with E-state index in [0.717, 1.165) is 5.56 Å². The van der Waals surface area contributed by atoms with Crippen LogP contribution in [0.2, 0.25) is 5.02 Å². The molecule has 0 N–H and O–H groups in total. The van der Waals surface area contributed by atoms with Crippen LogP contribution in [-0.4, -0.2) is 0 Å². The van der Waals surface area contributed by atoms with Crippen molar-refractivity contribution < 1.29 is 4.39 Å².